The first kappa shape index (κ1) is 29.7. The minimum Gasteiger partial charge on any atom is -0.379 e. The molecule has 1 aliphatic heterocycles. The lowest BCUT2D eigenvalue weighted by Crippen LogP contribution is -2.69. The molecule has 0 bridgehead atoms. The number of hydrogen-bond donors (Lipinski definition) is 4. The molecule has 2 aromatic rings. The summed E-state index contributed by atoms with van der Waals surface area (Å²) in [7, 11) is 0. The number of carbonyl (C=O) groups excluding carboxylic acids is 3. The van der Waals surface area contributed by atoms with Crippen LogP contribution in [0.5, 0.6) is 0 Å². The van der Waals surface area contributed by atoms with Crippen LogP contribution in [-0.4, -0.2) is 72.1 Å². The van der Waals surface area contributed by atoms with Gasteiger partial charge in [-0.2, -0.15) is 0 Å². The Hall–Kier alpha value is -3.85. The second-order valence-electron chi connectivity index (χ2n) is 9.17. The Labute approximate surface area is 225 Å². The standard InChI is InChI=1S/C28H32F2N4O5/c1-3-28(27(29)30,32-19(2)35)24(26(37)33-38)31-25(36)23-12-10-21(11-13-23)5-4-20-6-8-22(9-7-20)18-34-14-16-39-17-15-34/h6-13,24,27,38H,3,14-18H2,1-2H3,(H,31,36)(H,32,35)(H,33,37). The van der Waals surface area contributed by atoms with Gasteiger partial charge in [-0.3, -0.25) is 24.5 Å². The molecule has 3 rings (SSSR count). The van der Waals surface area contributed by atoms with Crippen molar-refractivity contribution in [3.8, 4) is 11.8 Å². The van der Waals surface area contributed by atoms with E-state index in [1.807, 2.05) is 24.3 Å². The molecule has 208 valence electrons. The predicted molar refractivity (Wildman–Crippen MR) is 139 cm³/mol. The highest BCUT2D eigenvalue weighted by molar-refractivity contribution is 5.98. The van der Waals surface area contributed by atoms with Crippen LogP contribution in [0.3, 0.4) is 0 Å². The van der Waals surface area contributed by atoms with Crippen molar-refractivity contribution in [3.63, 3.8) is 0 Å². The lowest BCUT2D eigenvalue weighted by atomic mass is 9.86. The van der Waals surface area contributed by atoms with Crippen LogP contribution in [0.15, 0.2) is 48.5 Å². The van der Waals surface area contributed by atoms with Gasteiger partial charge < -0.3 is 15.4 Å². The third-order valence-corrected chi connectivity index (χ3v) is 6.51. The van der Waals surface area contributed by atoms with Gasteiger partial charge in [-0.1, -0.05) is 30.9 Å². The van der Waals surface area contributed by atoms with E-state index in [-0.39, 0.29) is 5.56 Å². The van der Waals surface area contributed by atoms with Crippen LogP contribution in [0.1, 0.15) is 47.3 Å². The number of ether oxygens (including phenoxy) is 1. The maximum Gasteiger partial charge on any atom is 0.268 e. The first-order valence-corrected chi connectivity index (χ1v) is 12.5. The van der Waals surface area contributed by atoms with E-state index in [9.17, 15) is 23.2 Å². The van der Waals surface area contributed by atoms with Crippen LogP contribution in [-0.2, 0) is 20.9 Å². The van der Waals surface area contributed by atoms with E-state index in [0.717, 1.165) is 45.3 Å². The van der Waals surface area contributed by atoms with E-state index < -0.39 is 42.1 Å². The van der Waals surface area contributed by atoms with Crippen molar-refractivity contribution in [1.29, 1.82) is 0 Å². The third-order valence-electron chi connectivity index (χ3n) is 6.51. The van der Waals surface area contributed by atoms with Crippen LogP contribution in [0.4, 0.5) is 8.78 Å². The van der Waals surface area contributed by atoms with E-state index in [0.29, 0.717) is 5.56 Å². The monoisotopic (exact) mass is 542 g/mol. The summed E-state index contributed by atoms with van der Waals surface area (Å²) in [6, 6.07) is 12.0. The Balaban J connectivity index is 1.69. The van der Waals surface area contributed by atoms with E-state index in [4.69, 9.17) is 9.94 Å². The molecule has 1 saturated heterocycles. The maximum atomic E-state index is 14.1. The molecule has 39 heavy (non-hydrogen) atoms. The molecule has 9 nitrogen and oxygen atoms in total. The summed E-state index contributed by atoms with van der Waals surface area (Å²) < 4.78 is 33.5. The Kier molecular flexibility index (Phi) is 10.5. The first-order chi connectivity index (χ1) is 18.7. The van der Waals surface area contributed by atoms with Gasteiger partial charge in [0.1, 0.15) is 11.6 Å². The van der Waals surface area contributed by atoms with E-state index in [1.165, 1.54) is 30.1 Å². The number of nitrogens with one attached hydrogen (secondary N) is 3. The smallest absolute Gasteiger partial charge is 0.268 e. The number of nitrogens with zero attached hydrogens (tertiary/aromatic N) is 1. The number of hydroxylamine groups is 1. The molecule has 0 aliphatic carbocycles. The molecule has 0 spiro atoms. The summed E-state index contributed by atoms with van der Waals surface area (Å²) in [5.41, 5.74) is 1.55. The lowest BCUT2D eigenvalue weighted by Gasteiger charge is -2.38. The highest BCUT2D eigenvalue weighted by Crippen LogP contribution is 2.25. The molecule has 0 radical (unpaired) electrons. The molecule has 0 saturated carbocycles. The molecule has 11 heteroatoms. The molecule has 4 N–H and O–H groups in total. The Bertz CT molecular complexity index is 1210. The van der Waals surface area contributed by atoms with Crippen molar-refractivity contribution < 1.29 is 33.1 Å². The average Bonchev–Trinajstić information content (AvgIpc) is 2.94. The fourth-order valence-electron chi connectivity index (χ4n) is 4.29. The number of amides is 3. The Morgan fingerprint density at radius 2 is 1.59 bits per heavy atom. The minimum absolute atomic E-state index is 0.0749. The SMILES string of the molecule is CCC(NC(C)=O)(C(F)F)C(NC(=O)c1ccc(C#Cc2ccc(CN3CCOCC3)cc2)cc1)C(=O)NO. The van der Waals surface area contributed by atoms with Crippen LogP contribution in [0.2, 0.25) is 0 Å². The van der Waals surface area contributed by atoms with E-state index >= 15 is 0 Å². The molecule has 1 heterocycles. The van der Waals surface area contributed by atoms with Crippen molar-refractivity contribution >= 4 is 17.7 Å². The van der Waals surface area contributed by atoms with Gasteiger partial charge in [0.05, 0.1) is 13.2 Å². The topological polar surface area (TPSA) is 120 Å². The molecular weight excluding hydrogens is 510 g/mol. The summed E-state index contributed by atoms with van der Waals surface area (Å²) >= 11 is 0. The largest absolute Gasteiger partial charge is 0.379 e. The zero-order valence-electron chi connectivity index (χ0n) is 21.8. The van der Waals surface area contributed by atoms with Gasteiger partial charge in [-0.15, -0.1) is 0 Å². The van der Waals surface area contributed by atoms with Gasteiger partial charge in [0.25, 0.3) is 18.2 Å². The van der Waals surface area contributed by atoms with Gasteiger partial charge in [0, 0.05) is 43.2 Å². The van der Waals surface area contributed by atoms with Crippen molar-refractivity contribution in [2.24, 2.45) is 0 Å². The second kappa shape index (κ2) is 13.8. The fraction of sp³-hybridized carbons (Fsp3) is 0.393. The van der Waals surface area contributed by atoms with Crippen LogP contribution >= 0.6 is 0 Å². The van der Waals surface area contributed by atoms with Gasteiger partial charge in [0.15, 0.2) is 0 Å². The van der Waals surface area contributed by atoms with Gasteiger partial charge >= 0.3 is 0 Å². The lowest BCUT2D eigenvalue weighted by molar-refractivity contribution is -0.138. The number of rotatable bonds is 9. The fourth-order valence-corrected chi connectivity index (χ4v) is 4.29. The maximum absolute atomic E-state index is 14.1. The van der Waals surface area contributed by atoms with Crippen LogP contribution in [0.25, 0.3) is 0 Å². The van der Waals surface area contributed by atoms with Gasteiger partial charge in [0.2, 0.25) is 5.91 Å². The Morgan fingerprint density at radius 1 is 1.03 bits per heavy atom. The van der Waals surface area contributed by atoms with E-state index in [1.54, 1.807) is 12.1 Å². The van der Waals surface area contributed by atoms with Crippen molar-refractivity contribution in [1.82, 2.24) is 21.0 Å². The van der Waals surface area contributed by atoms with Crippen molar-refractivity contribution in [3.05, 3.63) is 70.8 Å². The zero-order valence-corrected chi connectivity index (χ0v) is 21.8. The van der Waals surface area contributed by atoms with E-state index in [2.05, 4.69) is 27.4 Å². The van der Waals surface area contributed by atoms with Gasteiger partial charge in [-0.05, 0) is 48.4 Å². The predicted octanol–water partition coefficient (Wildman–Crippen LogP) is 2.07. The molecular formula is C28H32F2N4O5. The number of halogens is 2. The summed E-state index contributed by atoms with van der Waals surface area (Å²) in [5, 5.41) is 13.4. The second-order valence-corrected chi connectivity index (χ2v) is 9.17. The quantitative estimate of drug-likeness (QED) is 0.219. The molecule has 0 aromatic heterocycles. The molecule has 1 fully saturated rings. The third kappa shape index (κ3) is 7.83. The number of carbonyl (C=O) groups is 3. The van der Waals surface area contributed by atoms with Crippen molar-refractivity contribution in [2.75, 3.05) is 26.3 Å². The number of hydrogen-bond acceptors (Lipinski definition) is 6. The van der Waals surface area contributed by atoms with Crippen LogP contribution < -0.4 is 16.1 Å². The summed E-state index contributed by atoms with van der Waals surface area (Å²) in [5.74, 6) is 3.12. The summed E-state index contributed by atoms with van der Waals surface area (Å²) in [6.45, 7) is 6.50. The molecule has 2 unspecified atom stereocenters. The minimum atomic E-state index is -3.22. The number of alkyl halides is 2. The van der Waals surface area contributed by atoms with Gasteiger partial charge in [-0.25, -0.2) is 14.3 Å². The molecule has 1 aliphatic rings. The van der Waals surface area contributed by atoms with Crippen molar-refractivity contribution in [2.45, 2.75) is 44.8 Å². The van der Waals surface area contributed by atoms with Crippen LogP contribution in [0, 0.1) is 11.8 Å². The first-order valence-electron chi connectivity index (χ1n) is 12.5. The molecule has 2 aromatic carbocycles. The molecule has 3 amide bonds. The summed E-state index contributed by atoms with van der Waals surface area (Å²) in [4.78, 5) is 39.1. The summed E-state index contributed by atoms with van der Waals surface area (Å²) in [6.07, 6.45) is -3.62. The normalized spacial score (nSPS) is 15.8. The highest BCUT2D eigenvalue weighted by Gasteiger charge is 2.50. The number of morpholine rings is 1. The number of benzene rings is 2. The Morgan fingerprint density at radius 3 is 2.08 bits per heavy atom. The highest BCUT2D eigenvalue weighted by atomic mass is 19.3. The average molecular weight is 543 g/mol. The molecule has 2 atom stereocenters. The zero-order chi connectivity index (χ0) is 28.4.